The molecule has 0 saturated carbocycles. The van der Waals surface area contributed by atoms with E-state index in [9.17, 15) is 13.6 Å². The summed E-state index contributed by atoms with van der Waals surface area (Å²) in [6.07, 6.45) is 0.471. The second-order valence-corrected chi connectivity index (χ2v) is 5.05. The summed E-state index contributed by atoms with van der Waals surface area (Å²) in [7, 11) is 0. The first kappa shape index (κ1) is 16.9. The van der Waals surface area contributed by atoms with Gasteiger partial charge in [0.1, 0.15) is 17.3 Å². The highest BCUT2D eigenvalue weighted by molar-refractivity contribution is 5.89. The molecule has 0 aliphatic carbocycles. The summed E-state index contributed by atoms with van der Waals surface area (Å²) in [6, 6.07) is 12.1. The van der Waals surface area contributed by atoms with E-state index in [1.807, 2.05) is 30.3 Å². The van der Waals surface area contributed by atoms with E-state index < -0.39 is 23.4 Å². The van der Waals surface area contributed by atoms with Crippen LogP contribution in [-0.4, -0.2) is 24.3 Å². The van der Waals surface area contributed by atoms with Gasteiger partial charge >= 0.3 is 6.03 Å². The molecule has 0 fully saturated rings. The maximum absolute atomic E-state index is 13.5. The molecule has 0 bridgehead atoms. The van der Waals surface area contributed by atoms with E-state index in [1.54, 1.807) is 0 Å². The number of aliphatic hydroxyl groups is 1. The van der Waals surface area contributed by atoms with Crippen LogP contribution >= 0.6 is 0 Å². The minimum atomic E-state index is -0.838. The topological polar surface area (TPSA) is 61.4 Å². The molecule has 0 aliphatic heterocycles. The third-order valence-electron chi connectivity index (χ3n) is 3.46. The highest BCUT2D eigenvalue weighted by atomic mass is 19.1. The van der Waals surface area contributed by atoms with Crippen molar-refractivity contribution >= 4 is 11.7 Å². The number of halogens is 2. The number of aliphatic hydroxyl groups excluding tert-OH is 1. The Kier molecular flexibility index (Phi) is 6.05. The number of nitrogens with one attached hydrogen (secondary N) is 2. The molecule has 2 rings (SSSR count). The number of rotatable bonds is 6. The van der Waals surface area contributed by atoms with Gasteiger partial charge in [0.2, 0.25) is 0 Å². The molecule has 0 aromatic heterocycles. The van der Waals surface area contributed by atoms with Gasteiger partial charge in [0.15, 0.2) is 0 Å². The molecule has 0 aliphatic rings. The van der Waals surface area contributed by atoms with Crippen LogP contribution in [0.3, 0.4) is 0 Å². The van der Waals surface area contributed by atoms with E-state index in [1.165, 1.54) is 6.07 Å². The Balaban J connectivity index is 1.97. The van der Waals surface area contributed by atoms with Crippen LogP contribution in [0.1, 0.15) is 17.9 Å². The Bertz CT molecular complexity index is 630. The summed E-state index contributed by atoms with van der Waals surface area (Å²) in [5.41, 5.74) is 0.488. The highest BCUT2D eigenvalue weighted by Gasteiger charge is 2.15. The molecule has 6 heteroatoms. The van der Waals surface area contributed by atoms with Crippen LogP contribution in [0.2, 0.25) is 0 Å². The number of amides is 2. The lowest BCUT2D eigenvalue weighted by atomic mass is 9.96. The number of hydrogen-bond acceptors (Lipinski definition) is 2. The standard InChI is InChI=1S/C17H18F2N2O2/c18-14-7-4-8-15(19)16(14)21-17(23)20-11-13(9-10-22)12-5-2-1-3-6-12/h1-8,13,22H,9-11H2,(H2,20,21,23). The first-order valence-corrected chi connectivity index (χ1v) is 7.26. The molecule has 0 saturated heterocycles. The predicted molar refractivity (Wildman–Crippen MR) is 84.3 cm³/mol. The fourth-order valence-electron chi connectivity index (χ4n) is 2.26. The van der Waals surface area contributed by atoms with Gasteiger partial charge < -0.3 is 15.7 Å². The van der Waals surface area contributed by atoms with Gasteiger partial charge in [-0.3, -0.25) is 0 Å². The Morgan fingerprint density at radius 1 is 1.04 bits per heavy atom. The number of carbonyl (C=O) groups is 1. The largest absolute Gasteiger partial charge is 0.396 e. The van der Waals surface area contributed by atoms with Crippen molar-refractivity contribution in [3.63, 3.8) is 0 Å². The van der Waals surface area contributed by atoms with Crippen LogP contribution in [-0.2, 0) is 0 Å². The molecule has 2 aromatic carbocycles. The fourth-order valence-corrected chi connectivity index (χ4v) is 2.26. The van der Waals surface area contributed by atoms with Crippen molar-refractivity contribution in [3.8, 4) is 0 Å². The second-order valence-electron chi connectivity index (χ2n) is 5.05. The van der Waals surface area contributed by atoms with Gasteiger partial charge in [-0.2, -0.15) is 0 Å². The number of urea groups is 1. The van der Waals surface area contributed by atoms with Crippen LogP contribution in [0.25, 0.3) is 0 Å². The molecule has 2 amide bonds. The van der Waals surface area contributed by atoms with Gasteiger partial charge in [-0.25, -0.2) is 13.6 Å². The third-order valence-corrected chi connectivity index (χ3v) is 3.46. The average molecular weight is 320 g/mol. The molecule has 2 aromatic rings. The lowest BCUT2D eigenvalue weighted by Gasteiger charge is -2.17. The summed E-state index contributed by atoms with van der Waals surface area (Å²) in [5.74, 6) is -1.76. The highest BCUT2D eigenvalue weighted by Crippen LogP contribution is 2.19. The lowest BCUT2D eigenvalue weighted by molar-refractivity contribution is 0.247. The summed E-state index contributed by atoms with van der Waals surface area (Å²) in [5, 5.41) is 13.9. The van der Waals surface area contributed by atoms with Crippen LogP contribution in [0.5, 0.6) is 0 Å². The summed E-state index contributed by atoms with van der Waals surface area (Å²) < 4.78 is 27.0. The minimum Gasteiger partial charge on any atom is -0.396 e. The van der Waals surface area contributed by atoms with E-state index in [0.717, 1.165) is 17.7 Å². The number of carbonyl (C=O) groups excluding carboxylic acids is 1. The Labute approximate surface area is 133 Å². The SMILES string of the molecule is O=C(NCC(CCO)c1ccccc1)Nc1c(F)cccc1F. The molecular formula is C17H18F2N2O2. The molecule has 0 heterocycles. The van der Waals surface area contributed by atoms with Crippen molar-refractivity contribution in [2.75, 3.05) is 18.5 Å². The average Bonchev–Trinajstić information content (AvgIpc) is 2.56. The normalized spacial score (nSPS) is 11.8. The van der Waals surface area contributed by atoms with Crippen molar-refractivity contribution in [1.29, 1.82) is 0 Å². The monoisotopic (exact) mass is 320 g/mol. The number of hydrogen-bond donors (Lipinski definition) is 3. The van der Waals surface area contributed by atoms with Crippen LogP contribution in [0, 0.1) is 11.6 Å². The van der Waals surface area contributed by atoms with E-state index in [-0.39, 0.29) is 19.1 Å². The molecule has 1 unspecified atom stereocenters. The smallest absolute Gasteiger partial charge is 0.319 e. The minimum absolute atomic E-state index is 0.0230. The van der Waals surface area contributed by atoms with Gasteiger partial charge in [0, 0.05) is 19.1 Å². The van der Waals surface area contributed by atoms with Gasteiger partial charge in [0.25, 0.3) is 0 Å². The zero-order valence-electron chi connectivity index (χ0n) is 12.4. The molecule has 23 heavy (non-hydrogen) atoms. The Hall–Kier alpha value is -2.47. The lowest BCUT2D eigenvalue weighted by Crippen LogP contribution is -2.33. The van der Waals surface area contributed by atoms with Crippen LogP contribution < -0.4 is 10.6 Å². The van der Waals surface area contributed by atoms with E-state index >= 15 is 0 Å². The van der Waals surface area contributed by atoms with Crippen molar-refractivity contribution in [1.82, 2.24) is 5.32 Å². The van der Waals surface area contributed by atoms with E-state index in [2.05, 4.69) is 10.6 Å². The first-order chi connectivity index (χ1) is 11.1. The molecule has 0 spiro atoms. The zero-order chi connectivity index (χ0) is 16.7. The number of anilines is 1. The quantitative estimate of drug-likeness (QED) is 0.765. The van der Waals surface area contributed by atoms with Crippen LogP contribution in [0.15, 0.2) is 48.5 Å². The molecule has 0 radical (unpaired) electrons. The summed E-state index contributed by atoms with van der Waals surface area (Å²) in [4.78, 5) is 11.8. The second kappa shape index (κ2) is 8.24. The third kappa shape index (κ3) is 4.75. The predicted octanol–water partition coefficient (Wildman–Crippen LogP) is 3.25. The van der Waals surface area contributed by atoms with Crippen LogP contribution in [0.4, 0.5) is 19.3 Å². The molecule has 3 N–H and O–H groups in total. The van der Waals surface area contributed by atoms with Gasteiger partial charge in [-0.15, -0.1) is 0 Å². The molecule has 4 nitrogen and oxygen atoms in total. The first-order valence-electron chi connectivity index (χ1n) is 7.26. The molecular weight excluding hydrogens is 302 g/mol. The fraction of sp³-hybridized carbons (Fsp3) is 0.235. The Morgan fingerprint density at radius 2 is 1.70 bits per heavy atom. The molecule has 1 atom stereocenters. The maximum atomic E-state index is 13.5. The van der Waals surface area contributed by atoms with Gasteiger partial charge in [-0.1, -0.05) is 36.4 Å². The number of benzene rings is 2. The van der Waals surface area contributed by atoms with Crippen molar-refractivity contribution in [3.05, 3.63) is 65.7 Å². The summed E-state index contributed by atoms with van der Waals surface area (Å²) in [6.45, 7) is 0.220. The number of para-hydroxylation sites is 1. The van der Waals surface area contributed by atoms with Gasteiger partial charge in [-0.05, 0) is 24.1 Å². The van der Waals surface area contributed by atoms with Gasteiger partial charge in [0.05, 0.1) is 0 Å². The van der Waals surface area contributed by atoms with Crippen molar-refractivity contribution < 1.29 is 18.7 Å². The van der Waals surface area contributed by atoms with E-state index in [0.29, 0.717) is 6.42 Å². The zero-order valence-corrected chi connectivity index (χ0v) is 12.4. The Morgan fingerprint density at radius 3 is 2.30 bits per heavy atom. The maximum Gasteiger partial charge on any atom is 0.319 e. The van der Waals surface area contributed by atoms with E-state index in [4.69, 9.17) is 5.11 Å². The van der Waals surface area contributed by atoms with Crippen molar-refractivity contribution in [2.24, 2.45) is 0 Å². The van der Waals surface area contributed by atoms with Crippen molar-refractivity contribution in [2.45, 2.75) is 12.3 Å². The molecule has 122 valence electrons. The summed E-state index contributed by atoms with van der Waals surface area (Å²) >= 11 is 0.